The summed E-state index contributed by atoms with van der Waals surface area (Å²) in [6, 6.07) is 3.21. The van der Waals surface area contributed by atoms with E-state index in [2.05, 4.69) is 9.47 Å². The van der Waals surface area contributed by atoms with Crippen LogP contribution in [-0.4, -0.2) is 24.5 Å². The van der Waals surface area contributed by atoms with Crippen molar-refractivity contribution in [3.8, 4) is 11.5 Å². The maximum atomic E-state index is 12.0. The van der Waals surface area contributed by atoms with E-state index in [9.17, 15) is 18.0 Å². The minimum Gasteiger partial charge on any atom is -0.504 e. The number of carbonyl (C=O) groups excluding carboxylic acids is 1. The normalized spacial score (nSPS) is 11.0. The van der Waals surface area contributed by atoms with Crippen LogP contribution < -0.4 is 4.74 Å². The molecule has 1 aromatic carbocycles. The molecule has 0 unspecified atom stereocenters. The lowest BCUT2D eigenvalue weighted by atomic mass is 10.2. The van der Waals surface area contributed by atoms with E-state index in [1.807, 2.05) is 0 Å². The molecule has 1 aromatic rings. The summed E-state index contributed by atoms with van der Waals surface area (Å²) in [4.78, 5) is 11.1. The summed E-state index contributed by atoms with van der Waals surface area (Å²) < 4.78 is 43.7. The highest BCUT2D eigenvalue weighted by Gasteiger charge is 2.34. The lowest BCUT2D eigenvalue weighted by Gasteiger charge is -2.13. The van der Waals surface area contributed by atoms with Crippen molar-refractivity contribution in [3.05, 3.63) is 23.8 Å². The van der Waals surface area contributed by atoms with Gasteiger partial charge in [0, 0.05) is 0 Å². The van der Waals surface area contributed by atoms with Crippen LogP contribution in [0.1, 0.15) is 10.4 Å². The zero-order chi connectivity index (χ0) is 12.3. The molecule has 1 N–H and O–H groups in total. The van der Waals surface area contributed by atoms with Crippen LogP contribution in [0.25, 0.3) is 0 Å². The Morgan fingerprint density at radius 1 is 1.38 bits per heavy atom. The summed E-state index contributed by atoms with van der Waals surface area (Å²) in [6.07, 6.45) is -5.00. The molecule has 0 saturated carbocycles. The minimum absolute atomic E-state index is 0.500. The number of benzene rings is 1. The van der Waals surface area contributed by atoms with Gasteiger partial charge in [0.05, 0.1) is 7.11 Å². The van der Waals surface area contributed by atoms with E-state index in [0.29, 0.717) is 0 Å². The number of phenolic OH excluding ortho intramolecular Hbond substituents is 1. The molecule has 0 aliphatic carbocycles. The third-order valence-corrected chi connectivity index (χ3v) is 1.62. The predicted octanol–water partition coefficient (Wildman–Crippen LogP) is 2.08. The van der Waals surface area contributed by atoms with Gasteiger partial charge in [-0.3, -0.25) is 0 Å². The second kappa shape index (κ2) is 4.30. The summed E-state index contributed by atoms with van der Waals surface area (Å²) in [7, 11) is 1.00. The molecule has 1 rings (SSSR count). The zero-order valence-corrected chi connectivity index (χ0v) is 8.04. The summed E-state index contributed by atoms with van der Waals surface area (Å²) in [5.74, 6) is -2.79. The van der Waals surface area contributed by atoms with Crippen LogP contribution in [0, 0.1) is 0 Å². The van der Waals surface area contributed by atoms with Gasteiger partial charge in [0.25, 0.3) is 0 Å². The van der Waals surface area contributed by atoms with Gasteiger partial charge in [0.15, 0.2) is 11.5 Å². The second-order valence-electron chi connectivity index (χ2n) is 2.69. The maximum absolute atomic E-state index is 12.0. The van der Waals surface area contributed by atoms with Crippen molar-refractivity contribution in [1.82, 2.24) is 0 Å². The Morgan fingerprint density at radius 2 is 2.00 bits per heavy atom. The smallest absolute Gasteiger partial charge is 0.504 e. The molecule has 0 fully saturated rings. The average Bonchev–Trinajstić information content (AvgIpc) is 2.18. The van der Waals surface area contributed by atoms with Crippen molar-refractivity contribution in [1.29, 1.82) is 0 Å². The largest absolute Gasteiger partial charge is 0.573 e. The number of hydrogen-bond donors (Lipinski definition) is 1. The summed E-state index contributed by atoms with van der Waals surface area (Å²) in [6.45, 7) is 0. The van der Waals surface area contributed by atoms with Crippen molar-refractivity contribution in [2.75, 3.05) is 7.11 Å². The third-order valence-electron chi connectivity index (χ3n) is 1.62. The number of para-hydroxylation sites is 1. The van der Waals surface area contributed by atoms with Crippen molar-refractivity contribution in [2.24, 2.45) is 0 Å². The lowest BCUT2D eigenvalue weighted by Crippen LogP contribution is -2.19. The number of halogens is 3. The first-order valence-corrected chi connectivity index (χ1v) is 4.01. The van der Waals surface area contributed by atoms with E-state index in [-0.39, 0.29) is 0 Å². The number of methoxy groups -OCH3 is 1. The predicted molar refractivity (Wildman–Crippen MR) is 46.1 cm³/mol. The minimum atomic E-state index is -5.00. The Labute approximate surface area is 88.2 Å². The van der Waals surface area contributed by atoms with Crippen LogP contribution in [0.4, 0.5) is 13.2 Å². The summed E-state index contributed by atoms with van der Waals surface area (Å²) in [5.41, 5.74) is -0.500. The highest BCUT2D eigenvalue weighted by molar-refractivity contribution is 5.93. The molecule has 7 heteroatoms. The SMILES string of the molecule is COC(=O)c1cccc(O)c1OC(F)(F)F. The van der Waals surface area contributed by atoms with Gasteiger partial charge >= 0.3 is 12.3 Å². The number of carbonyl (C=O) groups is 1. The molecule has 0 amide bonds. The number of alkyl halides is 3. The molecule has 0 atom stereocenters. The number of rotatable bonds is 2. The molecule has 0 radical (unpaired) electrons. The highest BCUT2D eigenvalue weighted by atomic mass is 19.4. The van der Waals surface area contributed by atoms with E-state index < -0.39 is 29.4 Å². The maximum Gasteiger partial charge on any atom is 0.573 e. The number of phenols is 1. The van der Waals surface area contributed by atoms with Crippen LogP contribution in [0.15, 0.2) is 18.2 Å². The van der Waals surface area contributed by atoms with Gasteiger partial charge in [0.1, 0.15) is 5.56 Å². The quantitative estimate of drug-likeness (QED) is 0.798. The van der Waals surface area contributed by atoms with Crippen molar-refractivity contribution >= 4 is 5.97 Å². The monoisotopic (exact) mass is 236 g/mol. The molecule has 0 heterocycles. The molecule has 16 heavy (non-hydrogen) atoms. The van der Waals surface area contributed by atoms with E-state index in [1.165, 1.54) is 6.07 Å². The molecule has 0 aliphatic rings. The van der Waals surface area contributed by atoms with Crippen molar-refractivity contribution in [3.63, 3.8) is 0 Å². The van der Waals surface area contributed by atoms with E-state index in [1.54, 1.807) is 0 Å². The Bertz CT molecular complexity index is 400. The van der Waals surface area contributed by atoms with Crippen LogP contribution in [0.5, 0.6) is 11.5 Å². The van der Waals surface area contributed by atoms with Gasteiger partial charge in [-0.15, -0.1) is 13.2 Å². The van der Waals surface area contributed by atoms with Crippen LogP contribution in [-0.2, 0) is 4.74 Å². The summed E-state index contributed by atoms with van der Waals surface area (Å²) in [5, 5.41) is 9.17. The molecule has 0 aliphatic heterocycles. The molecule has 0 aromatic heterocycles. The fourth-order valence-electron chi connectivity index (χ4n) is 1.02. The fraction of sp³-hybridized carbons (Fsp3) is 0.222. The first-order chi connectivity index (χ1) is 7.35. The Kier molecular flexibility index (Phi) is 3.26. The third kappa shape index (κ3) is 2.78. The highest BCUT2D eigenvalue weighted by Crippen LogP contribution is 2.34. The second-order valence-corrected chi connectivity index (χ2v) is 2.69. The fourth-order valence-corrected chi connectivity index (χ4v) is 1.02. The average molecular weight is 236 g/mol. The zero-order valence-electron chi connectivity index (χ0n) is 8.04. The van der Waals surface area contributed by atoms with Crippen LogP contribution in [0.2, 0.25) is 0 Å². The number of aromatic hydroxyl groups is 1. The Hall–Kier alpha value is -1.92. The van der Waals surface area contributed by atoms with Gasteiger partial charge in [-0.25, -0.2) is 4.79 Å². The van der Waals surface area contributed by atoms with Gasteiger partial charge in [-0.1, -0.05) is 6.07 Å². The number of hydrogen-bond acceptors (Lipinski definition) is 4. The summed E-state index contributed by atoms with van der Waals surface area (Å²) >= 11 is 0. The molecule has 0 bridgehead atoms. The topological polar surface area (TPSA) is 55.8 Å². The van der Waals surface area contributed by atoms with Gasteiger partial charge in [-0.2, -0.15) is 0 Å². The van der Waals surface area contributed by atoms with Crippen LogP contribution in [0.3, 0.4) is 0 Å². The molecule has 0 spiro atoms. The van der Waals surface area contributed by atoms with Crippen molar-refractivity contribution < 1.29 is 32.5 Å². The molecular formula is C9H7F3O4. The first-order valence-electron chi connectivity index (χ1n) is 4.01. The van der Waals surface area contributed by atoms with E-state index in [0.717, 1.165) is 19.2 Å². The molecule has 88 valence electrons. The van der Waals surface area contributed by atoms with Gasteiger partial charge in [0.2, 0.25) is 0 Å². The van der Waals surface area contributed by atoms with Gasteiger partial charge in [-0.05, 0) is 12.1 Å². The Balaban J connectivity index is 3.19. The number of ether oxygens (including phenoxy) is 2. The Morgan fingerprint density at radius 3 is 2.50 bits per heavy atom. The van der Waals surface area contributed by atoms with Crippen molar-refractivity contribution in [2.45, 2.75) is 6.36 Å². The van der Waals surface area contributed by atoms with Crippen LogP contribution >= 0.6 is 0 Å². The van der Waals surface area contributed by atoms with E-state index in [4.69, 9.17) is 5.11 Å². The molecule has 4 nitrogen and oxygen atoms in total. The number of esters is 1. The molecular weight excluding hydrogens is 229 g/mol. The standard InChI is InChI=1S/C9H7F3O4/c1-15-8(14)5-3-2-4-6(13)7(5)16-9(10,11)12/h2-4,13H,1H3. The lowest BCUT2D eigenvalue weighted by molar-refractivity contribution is -0.275. The first kappa shape index (κ1) is 12.2. The van der Waals surface area contributed by atoms with E-state index >= 15 is 0 Å². The van der Waals surface area contributed by atoms with Gasteiger partial charge < -0.3 is 14.6 Å². The molecule has 0 saturated heterocycles.